The Morgan fingerprint density at radius 3 is 2.06 bits per heavy atom. The van der Waals surface area contributed by atoms with Gasteiger partial charge in [-0.15, -0.1) is 0 Å². The van der Waals surface area contributed by atoms with E-state index in [1.165, 1.54) is 7.11 Å². The highest BCUT2D eigenvalue weighted by Gasteiger charge is 2.32. The maximum atomic E-state index is 12.6. The van der Waals surface area contributed by atoms with Crippen LogP contribution in [0.15, 0.2) is 48.5 Å². The van der Waals surface area contributed by atoms with Gasteiger partial charge in [-0.25, -0.2) is 9.59 Å². The Kier molecular flexibility index (Phi) is 7.48. The molecule has 0 radical (unpaired) electrons. The van der Waals surface area contributed by atoms with Crippen molar-refractivity contribution in [2.75, 3.05) is 13.7 Å². The number of fused-ring (bicyclic) bond motifs is 3. The number of carbonyl (C=O) groups excluding carboxylic acids is 2. The van der Waals surface area contributed by atoms with E-state index >= 15 is 0 Å². The summed E-state index contributed by atoms with van der Waals surface area (Å²) in [5.41, 5.74) is 4.38. The largest absolute Gasteiger partial charge is 0.480 e. The van der Waals surface area contributed by atoms with Crippen LogP contribution >= 0.6 is 0 Å². The molecule has 32 heavy (non-hydrogen) atoms. The van der Waals surface area contributed by atoms with Gasteiger partial charge in [0.1, 0.15) is 18.7 Å². The van der Waals surface area contributed by atoms with Gasteiger partial charge in [0.25, 0.3) is 0 Å². The molecule has 8 nitrogen and oxygen atoms in total. The van der Waals surface area contributed by atoms with E-state index in [4.69, 9.17) is 9.47 Å². The van der Waals surface area contributed by atoms with Crippen LogP contribution in [0.3, 0.4) is 0 Å². The molecule has 1 aliphatic rings. The van der Waals surface area contributed by atoms with Crippen molar-refractivity contribution < 1.29 is 29.0 Å². The predicted octanol–water partition coefficient (Wildman–Crippen LogP) is 2.91. The highest BCUT2D eigenvalue weighted by atomic mass is 16.5. The standard InChI is InChI=1S/C24H28N2O6/c1-4-20(23(28)29)25-22(27)21(14(2)31-3)26-24(30)32-13-19-17-11-7-5-9-15(17)16-10-6-8-12-18(16)19/h5-12,14,19-21H,4,13H2,1-3H3,(H,25,27)(H,26,30)(H,28,29). The fourth-order valence-corrected chi connectivity index (χ4v) is 3.90. The van der Waals surface area contributed by atoms with Crippen LogP contribution in [0.25, 0.3) is 11.1 Å². The third-order valence-electron chi connectivity index (χ3n) is 5.76. The zero-order chi connectivity index (χ0) is 23.3. The lowest BCUT2D eigenvalue weighted by atomic mass is 9.98. The lowest BCUT2D eigenvalue weighted by molar-refractivity contribution is -0.142. The molecule has 0 aliphatic heterocycles. The van der Waals surface area contributed by atoms with Crippen LogP contribution < -0.4 is 10.6 Å². The highest BCUT2D eigenvalue weighted by Crippen LogP contribution is 2.44. The summed E-state index contributed by atoms with van der Waals surface area (Å²) in [6.45, 7) is 3.35. The van der Waals surface area contributed by atoms with E-state index in [0.717, 1.165) is 22.3 Å². The van der Waals surface area contributed by atoms with Gasteiger partial charge in [-0.3, -0.25) is 4.79 Å². The molecule has 170 valence electrons. The number of amides is 2. The summed E-state index contributed by atoms with van der Waals surface area (Å²) in [7, 11) is 1.40. The normalized spacial score (nSPS) is 15.1. The summed E-state index contributed by atoms with van der Waals surface area (Å²) in [6, 6.07) is 13.8. The van der Waals surface area contributed by atoms with Gasteiger partial charge in [-0.2, -0.15) is 0 Å². The second kappa shape index (κ2) is 10.3. The zero-order valence-electron chi connectivity index (χ0n) is 18.3. The third kappa shape index (κ3) is 4.91. The van der Waals surface area contributed by atoms with E-state index in [2.05, 4.69) is 10.6 Å². The first-order valence-corrected chi connectivity index (χ1v) is 10.5. The summed E-state index contributed by atoms with van der Waals surface area (Å²) in [5, 5.41) is 14.1. The van der Waals surface area contributed by atoms with Gasteiger partial charge in [-0.1, -0.05) is 55.5 Å². The molecular weight excluding hydrogens is 412 g/mol. The van der Waals surface area contributed by atoms with Crippen LogP contribution in [0.4, 0.5) is 4.79 Å². The van der Waals surface area contributed by atoms with Crippen LogP contribution in [-0.2, 0) is 19.1 Å². The van der Waals surface area contributed by atoms with Gasteiger partial charge in [0.05, 0.1) is 6.10 Å². The molecule has 0 saturated carbocycles. The lowest BCUT2D eigenvalue weighted by Crippen LogP contribution is -2.56. The number of ether oxygens (including phenoxy) is 2. The molecule has 2 aromatic rings. The number of carboxylic acid groups (broad SMARTS) is 1. The molecule has 3 rings (SSSR count). The molecule has 8 heteroatoms. The maximum Gasteiger partial charge on any atom is 0.407 e. The number of hydrogen-bond acceptors (Lipinski definition) is 5. The molecule has 0 fully saturated rings. The van der Waals surface area contributed by atoms with Gasteiger partial charge in [-0.05, 0) is 35.6 Å². The monoisotopic (exact) mass is 440 g/mol. The second-order valence-electron chi connectivity index (χ2n) is 7.70. The average Bonchev–Trinajstić information content (AvgIpc) is 3.12. The molecule has 0 saturated heterocycles. The van der Waals surface area contributed by atoms with Gasteiger partial charge in [0.15, 0.2) is 0 Å². The molecule has 3 N–H and O–H groups in total. The number of alkyl carbamates (subject to hydrolysis) is 1. The minimum atomic E-state index is -1.15. The first-order chi connectivity index (χ1) is 15.4. The number of benzene rings is 2. The lowest BCUT2D eigenvalue weighted by Gasteiger charge is -2.25. The van der Waals surface area contributed by atoms with Crippen LogP contribution in [0.1, 0.15) is 37.3 Å². The van der Waals surface area contributed by atoms with Crippen molar-refractivity contribution in [2.24, 2.45) is 0 Å². The Balaban J connectivity index is 1.68. The van der Waals surface area contributed by atoms with Crippen LogP contribution in [0, 0.1) is 0 Å². The molecule has 0 spiro atoms. The van der Waals surface area contributed by atoms with Crippen LogP contribution in [0.2, 0.25) is 0 Å². The van der Waals surface area contributed by atoms with Crippen molar-refractivity contribution in [1.82, 2.24) is 10.6 Å². The zero-order valence-corrected chi connectivity index (χ0v) is 18.3. The molecule has 0 heterocycles. The molecule has 3 unspecified atom stereocenters. The van der Waals surface area contributed by atoms with Crippen LogP contribution in [0.5, 0.6) is 0 Å². The van der Waals surface area contributed by atoms with Crippen LogP contribution in [-0.4, -0.2) is 55.0 Å². The molecule has 2 aromatic carbocycles. The van der Waals surface area contributed by atoms with E-state index in [9.17, 15) is 19.5 Å². The van der Waals surface area contributed by atoms with E-state index in [1.54, 1.807) is 13.8 Å². The summed E-state index contributed by atoms with van der Waals surface area (Å²) >= 11 is 0. The van der Waals surface area contributed by atoms with E-state index in [0.29, 0.717) is 0 Å². The highest BCUT2D eigenvalue weighted by molar-refractivity contribution is 5.89. The van der Waals surface area contributed by atoms with E-state index in [1.807, 2.05) is 48.5 Å². The Morgan fingerprint density at radius 1 is 1.00 bits per heavy atom. The van der Waals surface area contributed by atoms with Crippen molar-refractivity contribution in [3.05, 3.63) is 59.7 Å². The first kappa shape index (κ1) is 23.3. The quantitative estimate of drug-likeness (QED) is 0.553. The molecule has 0 bridgehead atoms. The summed E-state index contributed by atoms with van der Waals surface area (Å²) in [5.74, 6) is -1.91. The predicted molar refractivity (Wildman–Crippen MR) is 118 cm³/mol. The van der Waals surface area contributed by atoms with Crippen molar-refractivity contribution in [1.29, 1.82) is 0 Å². The topological polar surface area (TPSA) is 114 Å². The summed E-state index contributed by atoms with van der Waals surface area (Å²) < 4.78 is 10.7. The molecule has 1 aliphatic carbocycles. The van der Waals surface area contributed by atoms with Gasteiger partial charge < -0.3 is 25.2 Å². The van der Waals surface area contributed by atoms with Gasteiger partial charge in [0, 0.05) is 13.0 Å². The van der Waals surface area contributed by atoms with Gasteiger partial charge in [0.2, 0.25) is 5.91 Å². The van der Waals surface area contributed by atoms with E-state index in [-0.39, 0.29) is 18.9 Å². The van der Waals surface area contributed by atoms with Crippen molar-refractivity contribution in [3.63, 3.8) is 0 Å². The Hall–Kier alpha value is -3.39. The Morgan fingerprint density at radius 2 is 1.56 bits per heavy atom. The maximum absolute atomic E-state index is 12.6. The smallest absolute Gasteiger partial charge is 0.407 e. The fraction of sp³-hybridized carbons (Fsp3) is 0.375. The average molecular weight is 440 g/mol. The van der Waals surface area contributed by atoms with E-state index < -0.39 is 36.2 Å². The number of nitrogens with one attached hydrogen (secondary N) is 2. The number of hydrogen-bond donors (Lipinski definition) is 3. The first-order valence-electron chi connectivity index (χ1n) is 10.5. The third-order valence-corrected chi connectivity index (χ3v) is 5.76. The Labute approximate surface area is 186 Å². The number of carboxylic acids is 1. The minimum Gasteiger partial charge on any atom is -0.480 e. The minimum absolute atomic E-state index is 0.0995. The summed E-state index contributed by atoms with van der Waals surface area (Å²) in [6.07, 6.45) is -1.26. The van der Waals surface area contributed by atoms with Crippen molar-refractivity contribution in [3.8, 4) is 11.1 Å². The number of carbonyl (C=O) groups is 3. The number of rotatable bonds is 9. The summed E-state index contributed by atoms with van der Waals surface area (Å²) in [4.78, 5) is 36.4. The Bertz CT molecular complexity index is 946. The molecular formula is C24H28N2O6. The molecule has 3 atom stereocenters. The van der Waals surface area contributed by atoms with Gasteiger partial charge >= 0.3 is 12.1 Å². The molecule has 0 aromatic heterocycles. The second-order valence-corrected chi connectivity index (χ2v) is 7.70. The SMILES string of the molecule is CCC(NC(=O)C(NC(=O)OCC1c2ccccc2-c2ccccc21)C(C)OC)C(=O)O. The number of methoxy groups -OCH3 is 1. The molecule has 2 amide bonds. The van der Waals surface area contributed by atoms with Crippen molar-refractivity contribution in [2.45, 2.75) is 44.4 Å². The fourth-order valence-electron chi connectivity index (χ4n) is 3.90. The number of aliphatic carboxylic acids is 1. The van der Waals surface area contributed by atoms with Crippen molar-refractivity contribution >= 4 is 18.0 Å².